The van der Waals surface area contributed by atoms with Crippen LogP contribution in [0.3, 0.4) is 0 Å². The lowest BCUT2D eigenvalue weighted by Gasteiger charge is -2.04. The van der Waals surface area contributed by atoms with E-state index in [-0.39, 0.29) is 6.10 Å². The van der Waals surface area contributed by atoms with Crippen molar-refractivity contribution in [1.29, 1.82) is 0 Å². The molecule has 0 saturated heterocycles. The van der Waals surface area contributed by atoms with E-state index in [0.717, 1.165) is 17.0 Å². The van der Waals surface area contributed by atoms with Gasteiger partial charge in [-0.2, -0.15) is 4.98 Å². The molecule has 0 aromatic carbocycles. The quantitative estimate of drug-likeness (QED) is 0.831. The van der Waals surface area contributed by atoms with Gasteiger partial charge >= 0.3 is 0 Å². The molecule has 2 aromatic rings. The summed E-state index contributed by atoms with van der Waals surface area (Å²) in [5.41, 5.74) is 2.79. The lowest BCUT2D eigenvalue weighted by atomic mass is 10.2. The molecule has 0 radical (unpaired) electrons. The molecule has 0 aliphatic heterocycles. The summed E-state index contributed by atoms with van der Waals surface area (Å²) in [6, 6.07) is 3.94. The van der Waals surface area contributed by atoms with Crippen molar-refractivity contribution in [2.24, 2.45) is 0 Å². The molecular weight excluding hydrogens is 230 g/mol. The molecule has 5 nitrogen and oxygen atoms in total. The molecule has 0 N–H and O–H groups in total. The van der Waals surface area contributed by atoms with Gasteiger partial charge in [-0.15, -0.1) is 0 Å². The van der Waals surface area contributed by atoms with Gasteiger partial charge < -0.3 is 9.26 Å². The molecule has 0 aliphatic carbocycles. The van der Waals surface area contributed by atoms with Crippen molar-refractivity contribution in [1.82, 2.24) is 15.1 Å². The summed E-state index contributed by atoms with van der Waals surface area (Å²) in [7, 11) is 0. The van der Waals surface area contributed by atoms with Crippen LogP contribution in [0.5, 0.6) is 0 Å². The van der Waals surface area contributed by atoms with Gasteiger partial charge in [-0.25, -0.2) is 4.98 Å². The van der Waals surface area contributed by atoms with E-state index in [2.05, 4.69) is 15.1 Å². The van der Waals surface area contributed by atoms with Gasteiger partial charge in [-0.3, -0.25) is 0 Å². The van der Waals surface area contributed by atoms with Crippen molar-refractivity contribution in [2.75, 3.05) is 6.61 Å². The molecule has 0 bridgehead atoms. The molecule has 2 rings (SSSR count). The highest BCUT2D eigenvalue weighted by atomic mass is 16.5. The molecule has 1 atom stereocenters. The summed E-state index contributed by atoms with van der Waals surface area (Å²) in [6.45, 7) is 8.39. The minimum atomic E-state index is -0.192. The second-order valence-corrected chi connectivity index (χ2v) is 4.22. The smallest absolute Gasteiger partial charge is 0.255 e. The molecule has 0 aliphatic rings. The minimum absolute atomic E-state index is 0.192. The van der Waals surface area contributed by atoms with Crippen molar-refractivity contribution in [3.05, 3.63) is 29.3 Å². The zero-order valence-electron chi connectivity index (χ0n) is 11.1. The zero-order chi connectivity index (χ0) is 13.1. The molecule has 0 amide bonds. The van der Waals surface area contributed by atoms with Crippen LogP contribution in [-0.2, 0) is 4.74 Å². The first kappa shape index (κ1) is 12.7. The van der Waals surface area contributed by atoms with Gasteiger partial charge in [0.1, 0.15) is 11.8 Å². The van der Waals surface area contributed by atoms with Gasteiger partial charge in [-0.1, -0.05) is 5.16 Å². The number of pyridine rings is 1. The zero-order valence-corrected chi connectivity index (χ0v) is 11.1. The molecule has 0 spiro atoms. The van der Waals surface area contributed by atoms with E-state index < -0.39 is 0 Å². The van der Waals surface area contributed by atoms with Gasteiger partial charge in [0.2, 0.25) is 5.82 Å². The molecule has 1 unspecified atom stereocenters. The average Bonchev–Trinajstić information content (AvgIpc) is 2.77. The number of aromatic nitrogens is 3. The first-order valence-corrected chi connectivity index (χ1v) is 6.01. The fourth-order valence-electron chi connectivity index (χ4n) is 1.78. The SMILES string of the molecule is CCOC(C)c1nc(-c2cc(C)cc(C)n2)no1. The van der Waals surface area contributed by atoms with Crippen molar-refractivity contribution in [3.63, 3.8) is 0 Å². The van der Waals surface area contributed by atoms with E-state index in [9.17, 15) is 0 Å². The summed E-state index contributed by atoms with van der Waals surface area (Å²) in [6.07, 6.45) is -0.192. The van der Waals surface area contributed by atoms with Crippen molar-refractivity contribution >= 4 is 0 Å². The molecule has 18 heavy (non-hydrogen) atoms. The largest absolute Gasteiger partial charge is 0.369 e. The van der Waals surface area contributed by atoms with E-state index in [4.69, 9.17) is 9.26 Å². The third kappa shape index (κ3) is 2.73. The lowest BCUT2D eigenvalue weighted by molar-refractivity contribution is 0.0519. The second-order valence-electron chi connectivity index (χ2n) is 4.22. The summed E-state index contributed by atoms with van der Waals surface area (Å²) in [5.74, 6) is 0.983. The van der Waals surface area contributed by atoms with Gasteiger partial charge in [0.05, 0.1) is 0 Å². The highest BCUT2D eigenvalue weighted by Crippen LogP contribution is 2.20. The normalized spacial score (nSPS) is 12.7. The van der Waals surface area contributed by atoms with Crippen molar-refractivity contribution in [3.8, 4) is 11.5 Å². The highest BCUT2D eigenvalue weighted by Gasteiger charge is 2.16. The Balaban J connectivity index is 2.29. The van der Waals surface area contributed by atoms with E-state index in [1.807, 2.05) is 39.8 Å². The predicted octanol–water partition coefficient (Wildman–Crippen LogP) is 2.85. The molecule has 96 valence electrons. The minimum Gasteiger partial charge on any atom is -0.369 e. The molecule has 2 heterocycles. The highest BCUT2D eigenvalue weighted by molar-refractivity contribution is 5.50. The Morgan fingerprint density at radius 2 is 2.06 bits per heavy atom. The predicted molar refractivity (Wildman–Crippen MR) is 67.0 cm³/mol. The first-order chi connectivity index (χ1) is 8.60. The average molecular weight is 247 g/mol. The topological polar surface area (TPSA) is 61.0 Å². The van der Waals surface area contributed by atoms with Crippen LogP contribution >= 0.6 is 0 Å². The van der Waals surface area contributed by atoms with Crippen LogP contribution in [0.1, 0.15) is 37.1 Å². The maximum absolute atomic E-state index is 5.41. The van der Waals surface area contributed by atoms with E-state index >= 15 is 0 Å². The fraction of sp³-hybridized carbons (Fsp3) is 0.462. The summed E-state index contributed by atoms with van der Waals surface area (Å²) in [5, 5.41) is 3.94. The maximum Gasteiger partial charge on any atom is 0.255 e. The van der Waals surface area contributed by atoms with E-state index in [1.54, 1.807) is 0 Å². The standard InChI is InChI=1S/C13H17N3O2/c1-5-17-10(4)13-15-12(16-18-13)11-7-8(2)6-9(3)14-11/h6-7,10H,5H2,1-4H3. The Labute approximate surface area is 106 Å². The molecular formula is C13H17N3O2. The Morgan fingerprint density at radius 1 is 1.28 bits per heavy atom. The molecule has 2 aromatic heterocycles. The van der Waals surface area contributed by atoms with E-state index in [1.165, 1.54) is 0 Å². The van der Waals surface area contributed by atoms with Crippen LogP contribution in [0, 0.1) is 13.8 Å². The van der Waals surface area contributed by atoms with Crippen LogP contribution in [0.25, 0.3) is 11.5 Å². The van der Waals surface area contributed by atoms with E-state index in [0.29, 0.717) is 18.3 Å². The molecule has 0 saturated carbocycles. The van der Waals surface area contributed by atoms with Crippen molar-refractivity contribution in [2.45, 2.75) is 33.8 Å². The lowest BCUT2D eigenvalue weighted by Crippen LogP contribution is -1.99. The monoisotopic (exact) mass is 247 g/mol. The number of hydrogen-bond donors (Lipinski definition) is 0. The van der Waals surface area contributed by atoms with Crippen LogP contribution < -0.4 is 0 Å². The van der Waals surface area contributed by atoms with Crippen LogP contribution in [-0.4, -0.2) is 21.7 Å². The number of hydrogen-bond acceptors (Lipinski definition) is 5. The molecule has 5 heteroatoms. The number of rotatable bonds is 4. The van der Waals surface area contributed by atoms with Crippen LogP contribution in [0.2, 0.25) is 0 Å². The van der Waals surface area contributed by atoms with Gasteiger partial charge in [0.25, 0.3) is 5.89 Å². The Morgan fingerprint density at radius 3 is 2.72 bits per heavy atom. The first-order valence-electron chi connectivity index (χ1n) is 6.01. The summed E-state index contributed by atoms with van der Waals surface area (Å²) in [4.78, 5) is 8.71. The second kappa shape index (κ2) is 5.27. The van der Waals surface area contributed by atoms with Gasteiger partial charge in [-0.05, 0) is 45.4 Å². The Bertz CT molecular complexity index is 517. The van der Waals surface area contributed by atoms with Crippen LogP contribution in [0.4, 0.5) is 0 Å². The summed E-state index contributed by atoms with van der Waals surface area (Å²) >= 11 is 0. The third-order valence-corrected chi connectivity index (χ3v) is 2.53. The fourth-order valence-corrected chi connectivity index (χ4v) is 1.78. The summed E-state index contributed by atoms with van der Waals surface area (Å²) < 4.78 is 10.6. The number of ether oxygens (including phenoxy) is 1. The van der Waals surface area contributed by atoms with Gasteiger partial charge in [0.15, 0.2) is 0 Å². The Hall–Kier alpha value is -1.75. The van der Waals surface area contributed by atoms with Crippen LogP contribution in [0.15, 0.2) is 16.7 Å². The maximum atomic E-state index is 5.41. The third-order valence-electron chi connectivity index (χ3n) is 2.53. The number of aryl methyl sites for hydroxylation is 2. The van der Waals surface area contributed by atoms with Gasteiger partial charge in [0, 0.05) is 12.3 Å². The molecule has 0 fully saturated rings. The van der Waals surface area contributed by atoms with Crippen molar-refractivity contribution < 1.29 is 9.26 Å². The Kier molecular flexibility index (Phi) is 3.72. The number of nitrogens with zero attached hydrogens (tertiary/aromatic N) is 3.